The molecule has 1 heterocycles. The van der Waals surface area contributed by atoms with E-state index in [1.807, 2.05) is 37.3 Å². The van der Waals surface area contributed by atoms with Gasteiger partial charge in [-0.15, -0.1) is 0 Å². The first kappa shape index (κ1) is 16.5. The van der Waals surface area contributed by atoms with Crippen molar-refractivity contribution in [3.05, 3.63) is 30.3 Å². The Morgan fingerprint density at radius 2 is 2.14 bits per heavy atom. The van der Waals surface area contributed by atoms with Crippen molar-refractivity contribution in [1.29, 1.82) is 0 Å². The van der Waals surface area contributed by atoms with Crippen LogP contribution < -0.4 is 5.32 Å². The number of hydrogen-bond acceptors (Lipinski definition) is 5. The Kier molecular flexibility index (Phi) is 5.97. The Labute approximate surface area is 133 Å². The predicted octanol–water partition coefficient (Wildman–Crippen LogP) is 1.14. The van der Waals surface area contributed by atoms with Crippen LogP contribution in [-0.4, -0.2) is 51.9 Å². The fourth-order valence-electron chi connectivity index (χ4n) is 2.08. The molecule has 1 fully saturated rings. The molecule has 0 spiro atoms. The number of amidine groups is 1. The number of aliphatic hydroxyl groups is 1. The third kappa shape index (κ3) is 4.08. The van der Waals surface area contributed by atoms with Gasteiger partial charge in [-0.1, -0.05) is 30.0 Å². The normalized spacial score (nSPS) is 19.7. The third-order valence-corrected chi connectivity index (χ3v) is 4.24. The minimum Gasteiger partial charge on any atom is -0.395 e. The molecule has 0 aromatic heterocycles. The summed E-state index contributed by atoms with van der Waals surface area (Å²) in [5.41, 5.74) is 0.736. The van der Waals surface area contributed by atoms with Gasteiger partial charge in [-0.3, -0.25) is 14.5 Å². The quantitative estimate of drug-likeness (QED) is 0.823. The minimum atomic E-state index is -0.486. The molecule has 0 radical (unpaired) electrons. The lowest BCUT2D eigenvalue weighted by molar-refractivity contribution is -0.129. The second-order valence-corrected chi connectivity index (χ2v) is 5.88. The highest BCUT2D eigenvalue weighted by atomic mass is 32.2. The van der Waals surface area contributed by atoms with Crippen molar-refractivity contribution in [2.45, 2.75) is 18.6 Å². The van der Waals surface area contributed by atoms with Crippen LogP contribution in [-0.2, 0) is 9.59 Å². The van der Waals surface area contributed by atoms with E-state index in [1.165, 1.54) is 16.7 Å². The first-order chi connectivity index (χ1) is 10.7. The van der Waals surface area contributed by atoms with Crippen molar-refractivity contribution >= 4 is 34.4 Å². The minimum absolute atomic E-state index is 0.118. The molecule has 1 saturated heterocycles. The summed E-state index contributed by atoms with van der Waals surface area (Å²) in [6.45, 7) is 2.41. The molecule has 6 nitrogen and oxygen atoms in total. The molecule has 1 aliphatic rings. The number of carbonyl (C=O) groups excluding carboxylic acids is 2. The fourth-order valence-corrected chi connectivity index (χ4v) is 3.27. The molecule has 1 aliphatic heterocycles. The first-order valence-corrected chi connectivity index (χ1v) is 8.03. The van der Waals surface area contributed by atoms with Gasteiger partial charge in [0.05, 0.1) is 18.8 Å². The Morgan fingerprint density at radius 3 is 2.77 bits per heavy atom. The smallest absolute Gasteiger partial charge is 0.242 e. The number of thioether (sulfide) groups is 1. The number of benzene rings is 1. The maximum Gasteiger partial charge on any atom is 0.242 e. The zero-order valence-corrected chi connectivity index (χ0v) is 13.2. The summed E-state index contributed by atoms with van der Waals surface area (Å²) >= 11 is 1.27. The number of para-hydroxylation sites is 1. The summed E-state index contributed by atoms with van der Waals surface area (Å²) in [5.74, 6) is -0.335. The highest BCUT2D eigenvalue weighted by Gasteiger charge is 2.38. The average molecular weight is 321 g/mol. The van der Waals surface area contributed by atoms with E-state index in [9.17, 15) is 9.59 Å². The molecule has 0 saturated carbocycles. The van der Waals surface area contributed by atoms with Gasteiger partial charge in [0.2, 0.25) is 11.8 Å². The lowest BCUT2D eigenvalue weighted by Crippen LogP contribution is -2.36. The zero-order chi connectivity index (χ0) is 15.9. The van der Waals surface area contributed by atoms with Crippen molar-refractivity contribution < 1.29 is 14.7 Å². The number of aliphatic imine (C=N–C) groups is 1. The zero-order valence-electron chi connectivity index (χ0n) is 12.4. The summed E-state index contributed by atoms with van der Waals surface area (Å²) < 4.78 is 0. The Morgan fingerprint density at radius 1 is 1.41 bits per heavy atom. The molecular weight excluding hydrogens is 302 g/mol. The SMILES string of the molecule is CCNC(=O)CC1SC(=Nc2ccccc2)N(CCO)C1=O. The number of nitrogens with zero attached hydrogens (tertiary/aromatic N) is 2. The van der Waals surface area contributed by atoms with Crippen LogP contribution in [0, 0.1) is 0 Å². The number of hydrogen-bond donors (Lipinski definition) is 2. The number of amides is 2. The molecular formula is C15H19N3O3S. The molecule has 1 aromatic rings. The second kappa shape index (κ2) is 7.95. The number of nitrogens with one attached hydrogen (secondary N) is 1. The summed E-state index contributed by atoms with van der Waals surface area (Å²) in [5, 5.41) is 11.9. The van der Waals surface area contributed by atoms with Gasteiger partial charge in [-0.25, -0.2) is 4.99 Å². The summed E-state index contributed by atoms with van der Waals surface area (Å²) in [7, 11) is 0. The van der Waals surface area contributed by atoms with Gasteiger partial charge in [0.15, 0.2) is 5.17 Å². The predicted molar refractivity (Wildman–Crippen MR) is 87.0 cm³/mol. The molecule has 22 heavy (non-hydrogen) atoms. The molecule has 2 N–H and O–H groups in total. The number of aliphatic hydroxyl groups excluding tert-OH is 1. The van der Waals surface area contributed by atoms with Gasteiger partial charge in [0.1, 0.15) is 5.25 Å². The van der Waals surface area contributed by atoms with Crippen LogP contribution in [0.5, 0.6) is 0 Å². The molecule has 1 aromatic carbocycles. The number of rotatable bonds is 6. The van der Waals surface area contributed by atoms with Crippen LogP contribution >= 0.6 is 11.8 Å². The summed E-state index contributed by atoms with van der Waals surface area (Å²) in [6, 6.07) is 9.30. The van der Waals surface area contributed by atoms with E-state index in [0.717, 1.165) is 5.69 Å². The van der Waals surface area contributed by atoms with Crippen LogP contribution in [0.4, 0.5) is 5.69 Å². The van der Waals surface area contributed by atoms with Gasteiger partial charge >= 0.3 is 0 Å². The monoisotopic (exact) mass is 321 g/mol. The maximum atomic E-state index is 12.4. The lowest BCUT2D eigenvalue weighted by Gasteiger charge is -2.14. The maximum absolute atomic E-state index is 12.4. The van der Waals surface area contributed by atoms with Gasteiger partial charge in [-0.2, -0.15) is 0 Å². The molecule has 1 atom stereocenters. The Balaban J connectivity index is 2.16. The largest absolute Gasteiger partial charge is 0.395 e. The Hall–Kier alpha value is -1.86. The number of carbonyl (C=O) groups is 2. The van der Waals surface area contributed by atoms with Crippen LogP contribution in [0.1, 0.15) is 13.3 Å². The molecule has 0 aliphatic carbocycles. The van der Waals surface area contributed by atoms with E-state index in [2.05, 4.69) is 10.3 Å². The van der Waals surface area contributed by atoms with E-state index in [4.69, 9.17) is 5.11 Å². The Bertz CT molecular complexity index is 562. The highest BCUT2D eigenvalue weighted by molar-refractivity contribution is 8.15. The van der Waals surface area contributed by atoms with E-state index in [0.29, 0.717) is 11.7 Å². The van der Waals surface area contributed by atoms with Crippen LogP contribution in [0.3, 0.4) is 0 Å². The van der Waals surface area contributed by atoms with Crippen LogP contribution in [0.25, 0.3) is 0 Å². The first-order valence-electron chi connectivity index (χ1n) is 7.15. The van der Waals surface area contributed by atoms with Gasteiger partial charge in [-0.05, 0) is 19.1 Å². The topological polar surface area (TPSA) is 82.0 Å². The van der Waals surface area contributed by atoms with E-state index in [-0.39, 0.29) is 31.4 Å². The summed E-state index contributed by atoms with van der Waals surface area (Å²) in [4.78, 5) is 30.0. The lowest BCUT2D eigenvalue weighted by atomic mass is 10.2. The van der Waals surface area contributed by atoms with Gasteiger partial charge in [0, 0.05) is 13.0 Å². The van der Waals surface area contributed by atoms with Crippen molar-refractivity contribution in [3.8, 4) is 0 Å². The fraction of sp³-hybridized carbons (Fsp3) is 0.400. The average Bonchev–Trinajstić information content (AvgIpc) is 2.78. The van der Waals surface area contributed by atoms with Crippen molar-refractivity contribution in [3.63, 3.8) is 0 Å². The van der Waals surface area contributed by atoms with Crippen LogP contribution in [0.2, 0.25) is 0 Å². The van der Waals surface area contributed by atoms with E-state index < -0.39 is 5.25 Å². The van der Waals surface area contributed by atoms with Gasteiger partial charge in [0.25, 0.3) is 0 Å². The van der Waals surface area contributed by atoms with E-state index >= 15 is 0 Å². The third-order valence-electron chi connectivity index (χ3n) is 3.07. The second-order valence-electron chi connectivity index (χ2n) is 4.71. The molecule has 118 valence electrons. The molecule has 7 heteroatoms. The van der Waals surface area contributed by atoms with E-state index in [1.54, 1.807) is 0 Å². The van der Waals surface area contributed by atoms with Gasteiger partial charge < -0.3 is 10.4 Å². The van der Waals surface area contributed by atoms with Crippen molar-refractivity contribution in [1.82, 2.24) is 10.2 Å². The molecule has 1 unspecified atom stereocenters. The van der Waals surface area contributed by atoms with Crippen molar-refractivity contribution in [2.24, 2.45) is 4.99 Å². The standard InChI is InChI=1S/C15H19N3O3S/c1-2-16-13(20)10-12-14(21)18(8-9-19)15(22-12)17-11-6-4-3-5-7-11/h3-7,12,19H,2,8-10H2,1H3,(H,16,20). The molecule has 2 amide bonds. The molecule has 2 rings (SSSR count). The van der Waals surface area contributed by atoms with Crippen molar-refractivity contribution in [2.75, 3.05) is 19.7 Å². The summed E-state index contributed by atoms with van der Waals surface area (Å²) in [6.07, 6.45) is 0.118. The highest BCUT2D eigenvalue weighted by Crippen LogP contribution is 2.31. The molecule has 0 bridgehead atoms. The number of β-amino-alcohol motifs (C(OH)–C–C–N with tert-alkyl or cyclic N) is 1. The van der Waals surface area contributed by atoms with Crippen LogP contribution in [0.15, 0.2) is 35.3 Å².